The molecule has 5 heteroatoms. The predicted octanol–water partition coefficient (Wildman–Crippen LogP) is 1.95. The number of rotatable bonds is 3. The van der Waals surface area contributed by atoms with Gasteiger partial charge in [0.2, 0.25) is 5.13 Å². The van der Waals surface area contributed by atoms with Crippen molar-refractivity contribution in [3.05, 3.63) is 5.82 Å². The fourth-order valence-corrected chi connectivity index (χ4v) is 2.82. The summed E-state index contributed by atoms with van der Waals surface area (Å²) in [6.45, 7) is 2.07. The van der Waals surface area contributed by atoms with E-state index < -0.39 is 0 Å². The van der Waals surface area contributed by atoms with E-state index in [0.29, 0.717) is 0 Å². The molecule has 0 amide bonds. The fraction of sp³-hybridized carbons (Fsp3) is 0.800. The lowest BCUT2D eigenvalue weighted by Gasteiger charge is -2.36. The molecule has 0 unspecified atom stereocenters. The molecule has 0 atom stereocenters. The SMILES string of the molecule is Cc1nsc(NC2(CO)CCCCC2)n1. The number of aromatic nitrogens is 2. The molecule has 1 aromatic rings. The molecule has 0 spiro atoms. The van der Waals surface area contributed by atoms with E-state index in [1.54, 1.807) is 0 Å². The summed E-state index contributed by atoms with van der Waals surface area (Å²) in [7, 11) is 0. The van der Waals surface area contributed by atoms with Crippen molar-refractivity contribution in [2.45, 2.75) is 44.6 Å². The standard InChI is InChI=1S/C10H17N3OS/c1-8-11-9(15-13-8)12-10(7-14)5-3-2-4-6-10/h14H,2-7H2,1H3,(H,11,12,13). The Morgan fingerprint density at radius 3 is 2.67 bits per heavy atom. The summed E-state index contributed by atoms with van der Waals surface area (Å²) in [6.07, 6.45) is 5.71. The first-order valence-electron chi connectivity index (χ1n) is 5.43. The van der Waals surface area contributed by atoms with E-state index in [0.717, 1.165) is 23.8 Å². The molecular formula is C10H17N3OS. The van der Waals surface area contributed by atoms with Gasteiger partial charge in [-0.2, -0.15) is 4.37 Å². The molecule has 0 saturated heterocycles. The van der Waals surface area contributed by atoms with Crippen molar-refractivity contribution in [3.8, 4) is 0 Å². The van der Waals surface area contributed by atoms with Crippen LogP contribution in [-0.4, -0.2) is 26.6 Å². The highest BCUT2D eigenvalue weighted by Crippen LogP contribution is 2.31. The van der Waals surface area contributed by atoms with Crippen LogP contribution in [0.1, 0.15) is 37.9 Å². The summed E-state index contributed by atoms with van der Waals surface area (Å²) in [5, 5.41) is 13.7. The lowest BCUT2D eigenvalue weighted by molar-refractivity contribution is 0.173. The molecule has 1 aliphatic carbocycles. The molecule has 2 rings (SSSR count). The van der Waals surface area contributed by atoms with Gasteiger partial charge in [-0.05, 0) is 19.8 Å². The van der Waals surface area contributed by atoms with Crippen LogP contribution < -0.4 is 5.32 Å². The first-order valence-corrected chi connectivity index (χ1v) is 6.21. The topological polar surface area (TPSA) is 58.0 Å². The van der Waals surface area contributed by atoms with Crippen LogP contribution in [0, 0.1) is 6.92 Å². The van der Waals surface area contributed by atoms with E-state index in [1.165, 1.54) is 30.8 Å². The van der Waals surface area contributed by atoms with E-state index in [2.05, 4.69) is 14.7 Å². The molecule has 0 aliphatic heterocycles. The van der Waals surface area contributed by atoms with Gasteiger partial charge in [0.25, 0.3) is 0 Å². The van der Waals surface area contributed by atoms with E-state index >= 15 is 0 Å². The highest BCUT2D eigenvalue weighted by Gasteiger charge is 2.31. The second kappa shape index (κ2) is 4.45. The molecule has 0 radical (unpaired) electrons. The molecule has 4 nitrogen and oxygen atoms in total. The number of nitrogens with one attached hydrogen (secondary N) is 1. The van der Waals surface area contributed by atoms with Gasteiger partial charge < -0.3 is 10.4 Å². The van der Waals surface area contributed by atoms with Crippen LogP contribution in [0.2, 0.25) is 0 Å². The van der Waals surface area contributed by atoms with Crippen LogP contribution in [0.5, 0.6) is 0 Å². The smallest absolute Gasteiger partial charge is 0.203 e. The number of aryl methyl sites for hydroxylation is 1. The summed E-state index contributed by atoms with van der Waals surface area (Å²) < 4.78 is 4.13. The number of aliphatic hydroxyl groups is 1. The van der Waals surface area contributed by atoms with Crippen LogP contribution in [0.15, 0.2) is 0 Å². The first kappa shape index (κ1) is 10.8. The van der Waals surface area contributed by atoms with E-state index in [-0.39, 0.29) is 12.1 Å². The zero-order valence-electron chi connectivity index (χ0n) is 8.99. The molecular weight excluding hydrogens is 210 g/mol. The molecule has 1 aromatic heterocycles. The maximum atomic E-state index is 9.50. The van der Waals surface area contributed by atoms with Gasteiger partial charge in [-0.25, -0.2) is 4.98 Å². The summed E-state index contributed by atoms with van der Waals surface area (Å²) in [5.74, 6) is 0.798. The van der Waals surface area contributed by atoms with Crippen LogP contribution in [0.4, 0.5) is 5.13 Å². The van der Waals surface area contributed by atoms with Gasteiger partial charge in [0.1, 0.15) is 5.82 Å². The minimum atomic E-state index is -0.149. The van der Waals surface area contributed by atoms with Crippen LogP contribution >= 0.6 is 11.5 Å². The number of aliphatic hydroxyl groups excluding tert-OH is 1. The van der Waals surface area contributed by atoms with Crippen LogP contribution in [-0.2, 0) is 0 Å². The van der Waals surface area contributed by atoms with Crippen molar-refractivity contribution in [1.29, 1.82) is 0 Å². The maximum absolute atomic E-state index is 9.50. The molecule has 84 valence electrons. The van der Waals surface area contributed by atoms with E-state index in [1.807, 2.05) is 6.92 Å². The Bertz CT molecular complexity index is 320. The highest BCUT2D eigenvalue weighted by atomic mass is 32.1. The Labute approximate surface area is 93.9 Å². The summed E-state index contributed by atoms with van der Waals surface area (Å²) in [5.41, 5.74) is -0.149. The third kappa shape index (κ3) is 2.46. The molecule has 0 bridgehead atoms. The maximum Gasteiger partial charge on any atom is 0.203 e. The second-order valence-corrected chi connectivity index (χ2v) is 5.02. The minimum Gasteiger partial charge on any atom is -0.394 e. The average molecular weight is 227 g/mol. The van der Waals surface area contributed by atoms with E-state index in [9.17, 15) is 5.11 Å². The van der Waals surface area contributed by atoms with Crippen molar-refractivity contribution in [2.75, 3.05) is 11.9 Å². The number of anilines is 1. The summed E-state index contributed by atoms with van der Waals surface area (Å²) >= 11 is 1.37. The Kier molecular flexibility index (Phi) is 3.21. The quantitative estimate of drug-likeness (QED) is 0.828. The normalized spacial score (nSPS) is 20.1. The zero-order valence-corrected chi connectivity index (χ0v) is 9.81. The molecule has 1 aliphatic rings. The van der Waals surface area contributed by atoms with Crippen molar-refractivity contribution in [3.63, 3.8) is 0 Å². The average Bonchev–Trinajstić information content (AvgIpc) is 2.65. The van der Waals surface area contributed by atoms with Gasteiger partial charge >= 0.3 is 0 Å². The number of hydrogen-bond donors (Lipinski definition) is 2. The van der Waals surface area contributed by atoms with Gasteiger partial charge in [-0.3, -0.25) is 0 Å². The monoisotopic (exact) mass is 227 g/mol. The lowest BCUT2D eigenvalue weighted by atomic mass is 9.82. The van der Waals surface area contributed by atoms with Gasteiger partial charge in [-0.1, -0.05) is 19.3 Å². The Morgan fingerprint density at radius 2 is 2.13 bits per heavy atom. The van der Waals surface area contributed by atoms with Gasteiger partial charge in [0.15, 0.2) is 0 Å². The first-order chi connectivity index (χ1) is 7.24. The Morgan fingerprint density at radius 1 is 1.40 bits per heavy atom. The van der Waals surface area contributed by atoms with Gasteiger partial charge in [0, 0.05) is 11.5 Å². The lowest BCUT2D eigenvalue weighted by Crippen LogP contribution is -2.43. The molecule has 2 N–H and O–H groups in total. The number of nitrogens with zero attached hydrogens (tertiary/aromatic N) is 2. The molecule has 1 heterocycles. The molecule has 0 aromatic carbocycles. The van der Waals surface area contributed by atoms with Crippen LogP contribution in [0.25, 0.3) is 0 Å². The summed E-state index contributed by atoms with van der Waals surface area (Å²) in [4.78, 5) is 4.28. The highest BCUT2D eigenvalue weighted by molar-refractivity contribution is 7.09. The fourth-order valence-electron chi connectivity index (χ4n) is 2.13. The third-order valence-corrected chi connectivity index (χ3v) is 3.73. The van der Waals surface area contributed by atoms with Crippen molar-refractivity contribution in [2.24, 2.45) is 0 Å². The zero-order chi connectivity index (χ0) is 10.7. The molecule has 1 saturated carbocycles. The Hall–Kier alpha value is -0.680. The predicted molar refractivity (Wildman–Crippen MR) is 61.2 cm³/mol. The van der Waals surface area contributed by atoms with Gasteiger partial charge in [0.05, 0.1) is 12.1 Å². The molecule has 15 heavy (non-hydrogen) atoms. The minimum absolute atomic E-state index is 0.149. The van der Waals surface area contributed by atoms with Crippen molar-refractivity contribution < 1.29 is 5.11 Å². The number of hydrogen-bond acceptors (Lipinski definition) is 5. The molecule has 1 fully saturated rings. The summed E-state index contributed by atoms with van der Waals surface area (Å²) in [6, 6.07) is 0. The van der Waals surface area contributed by atoms with E-state index in [4.69, 9.17) is 0 Å². The largest absolute Gasteiger partial charge is 0.394 e. The van der Waals surface area contributed by atoms with Crippen LogP contribution in [0.3, 0.4) is 0 Å². The second-order valence-electron chi connectivity index (χ2n) is 4.27. The van der Waals surface area contributed by atoms with Gasteiger partial charge in [-0.15, -0.1) is 0 Å². The van der Waals surface area contributed by atoms with Crippen molar-refractivity contribution >= 4 is 16.7 Å². The Balaban J connectivity index is 2.06. The van der Waals surface area contributed by atoms with Crippen molar-refractivity contribution in [1.82, 2.24) is 9.36 Å². The third-order valence-electron chi connectivity index (χ3n) is 3.01.